The van der Waals surface area contributed by atoms with Gasteiger partial charge in [0, 0.05) is 43.6 Å². The lowest BCUT2D eigenvalue weighted by atomic mass is 10.2. The largest absolute Gasteiger partial charge is 0.379 e. The summed E-state index contributed by atoms with van der Waals surface area (Å²) in [6, 6.07) is 13.3. The minimum atomic E-state index is -3.61. The number of nitrogens with zero attached hydrogens (tertiary/aromatic N) is 4. The zero-order valence-electron chi connectivity index (χ0n) is 21.8. The summed E-state index contributed by atoms with van der Waals surface area (Å²) in [6.45, 7) is 11.5. The predicted octanol–water partition coefficient (Wildman–Crippen LogP) is 4.04. The Morgan fingerprint density at radius 1 is 1.14 bits per heavy atom. The summed E-state index contributed by atoms with van der Waals surface area (Å²) >= 11 is 1.34. The van der Waals surface area contributed by atoms with Crippen molar-refractivity contribution in [2.24, 2.45) is 0 Å². The Labute approximate surface area is 223 Å². The minimum absolute atomic E-state index is 0.126. The highest BCUT2D eigenvalue weighted by atomic mass is 32.2. The number of sulfonamides is 1. The van der Waals surface area contributed by atoms with E-state index >= 15 is 0 Å². The van der Waals surface area contributed by atoms with Crippen LogP contribution in [-0.4, -0.2) is 72.8 Å². The highest BCUT2D eigenvalue weighted by Gasteiger charge is 2.27. The first kappa shape index (κ1) is 27.4. The van der Waals surface area contributed by atoms with E-state index in [0.29, 0.717) is 49.6 Å². The number of rotatable bonds is 10. The van der Waals surface area contributed by atoms with Crippen molar-refractivity contribution in [1.29, 1.82) is 0 Å². The molecule has 0 bridgehead atoms. The third-order valence-electron chi connectivity index (χ3n) is 6.39. The maximum atomic E-state index is 13.1. The number of hydrogen-bond acceptors (Lipinski definition) is 7. The molecule has 11 heteroatoms. The number of morpholine rings is 1. The quantitative estimate of drug-likeness (QED) is 0.384. The molecule has 1 fully saturated rings. The molecular formula is C26H35N5O4S2. The summed E-state index contributed by atoms with van der Waals surface area (Å²) in [5, 5.41) is 3.63. The Morgan fingerprint density at radius 2 is 1.84 bits per heavy atom. The lowest BCUT2D eigenvalue weighted by Crippen LogP contribution is -2.40. The lowest BCUT2D eigenvalue weighted by Gasteiger charge is -2.27. The van der Waals surface area contributed by atoms with Gasteiger partial charge < -0.3 is 19.5 Å². The summed E-state index contributed by atoms with van der Waals surface area (Å²) in [7, 11) is -3.61. The number of carbonyl (C=O) groups is 1. The Hall–Kier alpha value is -2.60. The molecule has 1 aliphatic rings. The molecule has 1 amide bonds. The van der Waals surface area contributed by atoms with Gasteiger partial charge in [-0.15, -0.1) is 0 Å². The monoisotopic (exact) mass is 545 g/mol. The molecule has 0 saturated carbocycles. The highest BCUT2D eigenvalue weighted by molar-refractivity contribution is 7.99. The number of benzene rings is 2. The molecule has 1 aliphatic heterocycles. The molecule has 0 radical (unpaired) electrons. The molecule has 37 heavy (non-hydrogen) atoms. The van der Waals surface area contributed by atoms with Crippen LogP contribution in [0.15, 0.2) is 52.5 Å². The van der Waals surface area contributed by atoms with Crippen LogP contribution in [0.1, 0.15) is 27.7 Å². The van der Waals surface area contributed by atoms with E-state index in [9.17, 15) is 13.2 Å². The van der Waals surface area contributed by atoms with Gasteiger partial charge in [0.2, 0.25) is 15.9 Å². The van der Waals surface area contributed by atoms with Gasteiger partial charge in [0.05, 0.1) is 34.9 Å². The fourth-order valence-electron chi connectivity index (χ4n) is 4.51. The van der Waals surface area contributed by atoms with Crippen LogP contribution in [-0.2, 0) is 26.1 Å². The number of imidazole rings is 1. The average Bonchev–Trinajstić information content (AvgIpc) is 3.26. The molecular weight excluding hydrogens is 510 g/mol. The van der Waals surface area contributed by atoms with E-state index in [0.717, 1.165) is 23.4 Å². The molecule has 4 rings (SSSR count). The standard InChI is InChI=1S/C26H35N5O4S2/c1-5-30(19(3)4)21-9-7-20(8-10-21)27-25(32)18-36-26-28-23-17-22(11-12-24(23)31(26)6-2)37(33,34)29-13-15-35-16-14-29/h7-12,17,19H,5-6,13-16,18H2,1-4H3,(H,27,32). The van der Waals surface area contributed by atoms with E-state index in [1.807, 2.05) is 35.8 Å². The Kier molecular flexibility index (Phi) is 8.79. The normalized spacial score (nSPS) is 14.8. The summed E-state index contributed by atoms with van der Waals surface area (Å²) in [6.07, 6.45) is 0. The van der Waals surface area contributed by atoms with E-state index in [1.54, 1.807) is 18.2 Å². The number of thioether (sulfide) groups is 1. The molecule has 2 heterocycles. The van der Waals surface area contributed by atoms with Crippen molar-refractivity contribution in [1.82, 2.24) is 13.9 Å². The van der Waals surface area contributed by atoms with Gasteiger partial charge in [-0.05, 0) is 70.2 Å². The number of ether oxygens (including phenoxy) is 1. The maximum Gasteiger partial charge on any atom is 0.243 e. The van der Waals surface area contributed by atoms with Crippen molar-refractivity contribution in [3.63, 3.8) is 0 Å². The van der Waals surface area contributed by atoms with E-state index in [-0.39, 0.29) is 16.6 Å². The second-order valence-corrected chi connectivity index (χ2v) is 11.9. The number of anilines is 2. The Morgan fingerprint density at radius 3 is 2.46 bits per heavy atom. The van der Waals surface area contributed by atoms with Crippen LogP contribution in [0.2, 0.25) is 0 Å². The van der Waals surface area contributed by atoms with Gasteiger partial charge in [-0.3, -0.25) is 4.79 Å². The SMILES string of the molecule is CCN(c1ccc(NC(=O)CSc2nc3cc(S(=O)(=O)N4CCOCC4)ccc3n2CC)cc1)C(C)C. The summed E-state index contributed by atoms with van der Waals surface area (Å²) in [5.41, 5.74) is 3.31. The lowest BCUT2D eigenvalue weighted by molar-refractivity contribution is -0.113. The Bertz CT molecular complexity index is 1330. The minimum Gasteiger partial charge on any atom is -0.379 e. The maximum absolute atomic E-state index is 13.1. The van der Waals surface area contributed by atoms with Gasteiger partial charge in [0.15, 0.2) is 5.16 Å². The van der Waals surface area contributed by atoms with Crippen LogP contribution in [0.3, 0.4) is 0 Å². The van der Waals surface area contributed by atoms with Gasteiger partial charge in [-0.2, -0.15) is 4.31 Å². The number of aryl methyl sites for hydroxylation is 1. The Balaban J connectivity index is 1.44. The predicted molar refractivity (Wildman–Crippen MR) is 149 cm³/mol. The van der Waals surface area contributed by atoms with Gasteiger partial charge in [-0.25, -0.2) is 13.4 Å². The molecule has 0 atom stereocenters. The number of hydrogen-bond donors (Lipinski definition) is 1. The van der Waals surface area contributed by atoms with E-state index in [2.05, 4.69) is 36.0 Å². The van der Waals surface area contributed by atoms with Gasteiger partial charge in [-0.1, -0.05) is 11.8 Å². The molecule has 1 N–H and O–H groups in total. The number of fused-ring (bicyclic) bond motifs is 1. The fraction of sp³-hybridized carbons (Fsp3) is 0.462. The van der Waals surface area contributed by atoms with E-state index in [1.165, 1.54) is 16.1 Å². The van der Waals surface area contributed by atoms with Crippen LogP contribution in [0.25, 0.3) is 11.0 Å². The van der Waals surface area contributed by atoms with Gasteiger partial charge in [0.1, 0.15) is 0 Å². The summed E-state index contributed by atoms with van der Waals surface area (Å²) in [5.74, 6) is 0.0659. The van der Waals surface area contributed by atoms with Gasteiger partial charge in [0.25, 0.3) is 0 Å². The van der Waals surface area contributed by atoms with Crippen LogP contribution in [0.5, 0.6) is 0 Å². The van der Waals surface area contributed by atoms with Crippen molar-refractivity contribution in [3.8, 4) is 0 Å². The summed E-state index contributed by atoms with van der Waals surface area (Å²) < 4.78 is 34.9. The molecule has 0 spiro atoms. The first-order valence-electron chi connectivity index (χ1n) is 12.6. The topological polar surface area (TPSA) is 96.8 Å². The van der Waals surface area contributed by atoms with Crippen LogP contribution in [0.4, 0.5) is 11.4 Å². The van der Waals surface area contributed by atoms with Crippen molar-refractivity contribution >= 4 is 50.1 Å². The highest BCUT2D eigenvalue weighted by Crippen LogP contribution is 2.28. The first-order chi connectivity index (χ1) is 17.7. The zero-order chi connectivity index (χ0) is 26.6. The van der Waals surface area contributed by atoms with Crippen molar-refractivity contribution < 1.29 is 17.9 Å². The first-order valence-corrected chi connectivity index (χ1v) is 15.0. The van der Waals surface area contributed by atoms with Crippen LogP contribution in [0, 0.1) is 0 Å². The number of amides is 1. The number of nitrogens with one attached hydrogen (secondary N) is 1. The molecule has 200 valence electrons. The van der Waals surface area contributed by atoms with Crippen molar-refractivity contribution in [3.05, 3.63) is 42.5 Å². The van der Waals surface area contributed by atoms with Crippen LogP contribution < -0.4 is 10.2 Å². The van der Waals surface area contributed by atoms with Crippen molar-refractivity contribution in [2.45, 2.75) is 50.3 Å². The second-order valence-electron chi connectivity index (χ2n) is 9.07. The molecule has 3 aromatic rings. The molecule has 1 saturated heterocycles. The third kappa shape index (κ3) is 6.11. The molecule has 0 aliphatic carbocycles. The smallest absolute Gasteiger partial charge is 0.243 e. The molecule has 2 aromatic carbocycles. The summed E-state index contributed by atoms with van der Waals surface area (Å²) in [4.78, 5) is 19.8. The van der Waals surface area contributed by atoms with Gasteiger partial charge >= 0.3 is 0 Å². The molecule has 0 unspecified atom stereocenters. The third-order valence-corrected chi connectivity index (χ3v) is 9.26. The molecule has 1 aromatic heterocycles. The number of aromatic nitrogens is 2. The molecule has 9 nitrogen and oxygen atoms in total. The zero-order valence-corrected chi connectivity index (χ0v) is 23.4. The fourth-order valence-corrected chi connectivity index (χ4v) is 6.82. The van der Waals surface area contributed by atoms with E-state index in [4.69, 9.17) is 4.74 Å². The number of carbonyl (C=O) groups excluding carboxylic acids is 1. The van der Waals surface area contributed by atoms with Crippen molar-refractivity contribution in [2.75, 3.05) is 48.8 Å². The average molecular weight is 546 g/mol. The van der Waals surface area contributed by atoms with E-state index < -0.39 is 10.0 Å². The van der Waals surface area contributed by atoms with Crippen LogP contribution >= 0.6 is 11.8 Å². The second kappa shape index (κ2) is 11.8.